The van der Waals surface area contributed by atoms with Gasteiger partial charge < -0.3 is 5.32 Å². The molecule has 1 amide bonds. The van der Waals surface area contributed by atoms with E-state index >= 15 is 0 Å². The van der Waals surface area contributed by atoms with Gasteiger partial charge in [-0.2, -0.15) is 0 Å². The summed E-state index contributed by atoms with van der Waals surface area (Å²) in [5.41, 5.74) is 1.29. The van der Waals surface area contributed by atoms with Gasteiger partial charge in [0.2, 0.25) is 5.91 Å². The van der Waals surface area contributed by atoms with E-state index in [1.807, 2.05) is 0 Å². The molecule has 0 saturated carbocycles. The summed E-state index contributed by atoms with van der Waals surface area (Å²) < 4.78 is 14.0. The number of benzene rings is 1. The van der Waals surface area contributed by atoms with Gasteiger partial charge in [-0.15, -0.1) is 23.5 Å². The summed E-state index contributed by atoms with van der Waals surface area (Å²) in [5, 5.41) is 2.81. The van der Waals surface area contributed by atoms with E-state index in [-0.39, 0.29) is 17.5 Å². The molecule has 0 bridgehead atoms. The third-order valence-corrected chi connectivity index (χ3v) is 5.73. The van der Waals surface area contributed by atoms with Crippen LogP contribution in [-0.2, 0) is 9.59 Å². The number of thioether (sulfide) groups is 2. The average Bonchev–Trinajstić information content (AvgIpc) is 2.92. The molecule has 0 aromatic heterocycles. The maximum atomic E-state index is 13.1. The van der Waals surface area contributed by atoms with Crippen LogP contribution >= 0.6 is 23.5 Å². The van der Waals surface area contributed by atoms with Crippen molar-refractivity contribution in [1.29, 1.82) is 0 Å². The van der Waals surface area contributed by atoms with Crippen molar-refractivity contribution in [2.45, 2.75) is 19.9 Å². The summed E-state index contributed by atoms with van der Waals surface area (Å²) in [6, 6.07) is 5.34. The molecule has 0 spiro atoms. The van der Waals surface area contributed by atoms with Crippen LogP contribution in [0.4, 0.5) is 4.39 Å². The molecule has 1 saturated heterocycles. The molecular formula is C15H16FNO2S2. The Kier molecular flexibility index (Phi) is 5.47. The number of rotatable bonds is 4. The van der Waals surface area contributed by atoms with Gasteiger partial charge in [0.05, 0.1) is 6.04 Å². The zero-order chi connectivity index (χ0) is 15.4. The summed E-state index contributed by atoms with van der Waals surface area (Å²) in [4.78, 5) is 23.6. The van der Waals surface area contributed by atoms with Crippen LogP contribution in [0.5, 0.6) is 0 Å². The zero-order valence-corrected chi connectivity index (χ0v) is 13.4. The van der Waals surface area contributed by atoms with Gasteiger partial charge in [-0.1, -0.05) is 12.1 Å². The normalized spacial score (nSPS) is 15.7. The van der Waals surface area contributed by atoms with Crippen LogP contribution < -0.4 is 5.32 Å². The summed E-state index contributed by atoms with van der Waals surface area (Å²) in [5.74, 6) is 1.26. The number of carbonyl (C=O) groups excluding carboxylic acids is 2. The Labute approximate surface area is 131 Å². The van der Waals surface area contributed by atoms with Gasteiger partial charge in [-0.25, -0.2) is 4.39 Å². The molecule has 2 rings (SSSR count). The van der Waals surface area contributed by atoms with E-state index in [4.69, 9.17) is 0 Å². The number of hydrogen-bond donors (Lipinski definition) is 1. The number of Topliss-reactive ketones (excluding diaryl/α,β-unsaturated/α-hetero) is 1. The summed E-state index contributed by atoms with van der Waals surface area (Å²) in [7, 11) is 0. The highest BCUT2D eigenvalue weighted by Crippen LogP contribution is 2.42. The maximum absolute atomic E-state index is 13.1. The number of ketones is 1. The zero-order valence-electron chi connectivity index (χ0n) is 11.8. The predicted molar refractivity (Wildman–Crippen MR) is 85.6 cm³/mol. The monoisotopic (exact) mass is 325 g/mol. The largest absolute Gasteiger partial charge is 0.345 e. The Balaban J connectivity index is 2.47. The number of halogens is 1. The third kappa shape index (κ3) is 4.11. The van der Waals surface area contributed by atoms with Crippen LogP contribution in [0.25, 0.3) is 0 Å². The van der Waals surface area contributed by atoms with Crippen LogP contribution in [0.2, 0.25) is 0 Å². The van der Waals surface area contributed by atoms with Crippen LogP contribution in [0.3, 0.4) is 0 Å². The number of hydrogen-bond acceptors (Lipinski definition) is 4. The highest BCUT2D eigenvalue weighted by Gasteiger charge is 2.27. The Morgan fingerprint density at radius 1 is 1.14 bits per heavy atom. The fourth-order valence-electron chi connectivity index (χ4n) is 2.11. The highest BCUT2D eigenvalue weighted by atomic mass is 32.2. The molecule has 1 aromatic rings. The number of amides is 1. The van der Waals surface area contributed by atoms with Crippen molar-refractivity contribution in [3.05, 3.63) is 45.5 Å². The minimum Gasteiger partial charge on any atom is -0.345 e. The topological polar surface area (TPSA) is 46.2 Å². The first kappa shape index (κ1) is 16.1. The van der Waals surface area contributed by atoms with Gasteiger partial charge in [0, 0.05) is 28.2 Å². The van der Waals surface area contributed by atoms with Gasteiger partial charge in [0.1, 0.15) is 5.82 Å². The lowest BCUT2D eigenvalue weighted by atomic mass is 9.97. The summed E-state index contributed by atoms with van der Waals surface area (Å²) in [6.07, 6.45) is 0. The Hall–Kier alpha value is -1.27. The van der Waals surface area contributed by atoms with Gasteiger partial charge in [-0.05, 0) is 24.6 Å². The molecule has 1 aliphatic rings. The molecule has 1 fully saturated rings. The molecule has 112 valence electrons. The van der Waals surface area contributed by atoms with Crippen molar-refractivity contribution in [2.75, 3.05) is 11.5 Å². The second kappa shape index (κ2) is 7.13. The van der Waals surface area contributed by atoms with Gasteiger partial charge in [-0.3, -0.25) is 9.59 Å². The van der Waals surface area contributed by atoms with E-state index < -0.39 is 6.04 Å². The van der Waals surface area contributed by atoms with Crippen LogP contribution in [0, 0.1) is 5.82 Å². The van der Waals surface area contributed by atoms with Crippen molar-refractivity contribution in [1.82, 2.24) is 5.32 Å². The summed E-state index contributed by atoms with van der Waals surface area (Å²) >= 11 is 3.26. The fourth-order valence-corrected chi connectivity index (χ4v) is 4.82. The molecule has 1 aromatic carbocycles. The quantitative estimate of drug-likeness (QED) is 0.863. The van der Waals surface area contributed by atoms with Gasteiger partial charge in [0.15, 0.2) is 5.78 Å². The van der Waals surface area contributed by atoms with E-state index in [2.05, 4.69) is 5.32 Å². The number of nitrogens with one attached hydrogen (secondary N) is 1. The second-order valence-corrected chi connectivity index (χ2v) is 7.11. The molecule has 21 heavy (non-hydrogen) atoms. The molecule has 1 atom stereocenters. The third-order valence-electron chi connectivity index (χ3n) is 2.99. The van der Waals surface area contributed by atoms with E-state index in [9.17, 15) is 14.0 Å². The number of carbonyl (C=O) groups is 2. The van der Waals surface area contributed by atoms with Crippen molar-refractivity contribution in [2.24, 2.45) is 0 Å². The predicted octanol–water partition coefficient (Wildman–Crippen LogP) is 3.28. The maximum Gasteiger partial charge on any atom is 0.217 e. The molecule has 0 aliphatic carbocycles. The van der Waals surface area contributed by atoms with Crippen molar-refractivity contribution < 1.29 is 14.0 Å². The van der Waals surface area contributed by atoms with Crippen LogP contribution in [-0.4, -0.2) is 23.2 Å². The lowest BCUT2D eigenvalue weighted by molar-refractivity contribution is -0.119. The van der Waals surface area contributed by atoms with E-state index in [1.165, 1.54) is 26.0 Å². The first-order valence-corrected chi connectivity index (χ1v) is 8.49. The van der Waals surface area contributed by atoms with E-state index in [0.717, 1.165) is 15.7 Å². The Morgan fingerprint density at radius 2 is 1.71 bits per heavy atom. The molecule has 1 aliphatic heterocycles. The second-order valence-electron chi connectivity index (χ2n) is 4.64. The molecular weight excluding hydrogens is 309 g/mol. The Morgan fingerprint density at radius 3 is 2.19 bits per heavy atom. The minimum atomic E-state index is -0.534. The SMILES string of the molecule is CC(=O)NC(C(C(C)=O)=C1SCCS1)c1ccc(F)cc1. The van der Waals surface area contributed by atoms with Crippen molar-refractivity contribution in [3.63, 3.8) is 0 Å². The smallest absolute Gasteiger partial charge is 0.217 e. The molecule has 6 heteroatoms. The van der Waals surface area contributed by atoms with Crippen LogP contribution in [0.1, 0.15) is 25.5 Å². The first-order chi connectivity index (χ1) is 9.99. The summed E-state index contributed by atoms with van der Waals surface area (Å²) in [6.45, 7) is 2.91. The lowest BCUT2D eigenvalue weighted by Crippen LogP contribution is -2.30. The molecule has 1 N–H and O–H groups in total. The van der Waals surface area contributed by atoms with E-state index in [0.29, 0.717) is 11.1 Å². The highest BCUT2D eigenvalue weighted by molar-refractivity contribution is 8.25. The molecule has 3 nitrogen and oxygen atoms in total. The first-order valence-electron chi connectivity index (χ1n) is 6.52. The lowest BCUT2D eigenvalue weighted by Gasteiger charge is -2.21. The molecule has 0 radical (unpaired) electrons. The Bertz CT molecular complexity index is 576. The molecule has 1 heterocycles. The van der Waals surface area contributed by atoms with Crippen molar-refractivity contribution >= 4 is 35.2 Å². The van der Waals surface area contributed by atoms with Crippen molar-refractivity contribution in [3.8, 4) is 0 Å². The van der Waals surface area contributed by atoms with Gasteiger partial charge >= 0.3 is 0 Å². The van der Waals surface area contributed by atoms with Gasteiger partial charge in [0.25, 0.3) is 0 Å². The molecule has 1 unspecified atom stereocenters. The average molecular weight is 325 g/mol. The van der Waals surface area contributed by atoms with Crippen LogP contribution in [0.15, 0.2) is 34.1 Å². The minimum absolute atomic E-state index is 0.0741. The standard InChI is InChI=1S/C15H16FNO2S2/c1-9(18)13(15-20-7-8-21-15)14(17-10(2)19)11-3-5-12(16)6-4-11/h3-6,14H,7-8H2,1-2H3,(H,17,19). The van der Waals surface area contributed by atoms with E-state index in [1.54, 1.807) is 35.7 Å². The fraction of sp³-hybridized carbons (Fsp3) is 0.333.